The van der Waals surface area contributed by atoms with Crippen molar-refractivity contribution in [3.8, 4) is 61.6 Å². The van der Waals surface area contributed by atoms with Crippen LogP contribution in [0.15, 0.2) is 224 Å². The van der Waals surface area contributed by atoms with Crippen LogP contribution in [-0.2, 0) is 0 Å². The number of nitrogens with zero attached hydrogens (tertiary/aromatic N) is 3. The summed E-state index contributed by atoms with van der Waals surface area (Å²) in [6.07, 6.45) is 0. The standard InChI is InChI=1S/C60H37N3/c1-2-17-41-40(16-1)42-18-3-4-19-44(42)50-26-15-31-59(60(50)49-25-6-5-20-43(41)49)63-56-30-14-10-24-48(56)52-37-39(33-35-58(52)63)62-55-29-13-9-23-47(55)51-36-38(32-34-57(51)62)61-53-27-11-7-21-45(53)46-22-8-12-28-54(46)61/h1-37H. The van der Waals surface area contributed by atoms with Gasteiger partial charge in [-0.25, -0.2) is 0 Å². The Labute approximate surface area is 363 Å². The number of fused-ring (bicyclic) bond motifs is 17. The van der Waals surface area contributed by atoms with Gasteiger partial charge < -0.3 is 13.7 Å². The summed E-state index contributed by atoms with van der Waals surface area (Å²) in [4.78, 5) is 0. The highest BCUT2D eigenvalue weighted by Crippen LogP contribution is 2.50. The molecule has 0 spiro atoms. The largest absolute Gasteiger partial charge is 0.309 e. The molecule has 0 radical (unpaired) electrons. The van der Waals surface area contributed by atoms with E-state index in [-0.39, 0.29) is 0 Å². The number of hydrogen-bond acceptors (Lipinski definition) is 0. The van der Waals surface area contributed by atoms with Crippen molar-refractivity contribution in [1.29, 1.82) is 0 Å². The highest BCUT2D eigenvalue weighted by Gasteiger charge is 2.26. The average molecular weight is 800 g/mol. The smallest absolute Gasteiger partial charge is 0.0547 e. The molecule has 1 aliphatic rings. The summed E-state index contributed by atoms with van der Waals surface area (Å²) in [5.74, 6) is 0. The molecule has 0 aliphatic heterocycles. The number of aromatic nitrogens is 3. The van der Waals surface area contributed by atoms with Gasteiger partial charge in [-0.05, 0) is 106 Å². The highest BCUT2D eigenvalue weighted by molar-refractivity contribution is 6.15. The topological polar surface area (TPSA) is 14.8 Å². The molecule has 0 bridgehead atoms. The van der Waals surface area contributed by atoms with Crippen LogP contribution in [0.4, 0.5) is 0 Å². The lowest BCUT2D eigenvalue weighted by atomic mass is 9.80. The molecule has 0 unspecified atom stereocenters. The van der Waals surface area contributed by atoms with Crippen LogP contribution in [0.1, 0.15) is 0 Å². The molecule has 292 valence electrons. The van der Waals surface area contributed by atoms with E-state index in [0.29, 0.717) is 0 Å². The molecule has 10 aromatic carbocycles. The molecule has 13 aromatic rings. The van der Waals surface area contributed by atoms with E-state index in [1.807, 2.05) is 0 Å². The fourth-order valence-corrected chi connectivity index (χ4v) is 11.0. The van der Waals surface area contributed by atoms with Gasteiger partial charge in [0.25, 0.3) is 0 Å². The minimum atomic E-state index is 1.14. The second-order valence-electron chi connectivity index (χ2n) is 16.8. The Morgan fingerprint density at radius 1 is 0.206 bits per heavy atom. The van der Waals surface area contributed by atoms with E-state index in [9.17, 15) is 0 Å². The average Bonchev–Trinajstić information content (AvgIpc) is 3.98. The van der Waals surface area contributed by atoms with Crippen molar-refractivity contribution in [3.05, 3.63) is 224 Å². The number of rotatable bonds is 3. The van der Waals surface area contributed by atoms with E-state index in [1.54, 1.807) is 0 Å². The summed E-state index contributed by atoms with van der Waals surface area (Å²) in [5.41, 5.74) is 20.6. The lowest BCUT2D eigenvalue weighted by Crippen LogP contribution is -2.03. The van der Waals surface area contributed by atoms with Gasteiger partial charge >= 0.3 is 0 Å². The van der Waals surface area contributed by atoms with Gasteiger partial charge in [-0.1, -0.05) is 158 Å². The predicted octanol–water partition coefficient (Wildman–Crippen LogP) is 16.0. The van der Waals surface area contributed by atoms with Crippen LogP contribution in [0.2, 0.25) is 0 Å². The van der Waals surface area contributed by atoms with Gasteiger partial charge in [0.15, 0.2) is 0 Å². The predicted molar refractivity (Wildman–Crippen MR) is 265 cm³/mol. The van der Waals surface area contributed by atoms with Crippen molar-refractivity contribution >= 4 is 65.4 Å². The van der Waals surface area contributed by atoms with Crippen molar-refractivity contribution in [1.82, 2.24) is 13.7 Å². The van der Waals surface area contributed by atoms with Gasteiger partial charge in [-0.2, -0.15) is 0 Å². The molecule has 0 amide bonds. The SMILES string of the molecule is c1ccc2c(c1)-c1ccccc1-c1cccc(-n3c4ccccc4c4cc(-n5c6ccccc6c6cc(-n7c8ccccc8c8ccccc87)ccc65)ccc43)c1-c1ccccc1-2. The third kappa shape index (κ3) is 4.79. The van der Waals surface area contributed by atoms with Crippen molar-refractivity contribution in [2.75, 3.05) is 0 Å². The highest BCUT2D eigenvalue weighted by atomic mass is 15.0. The molecule has 63 heavy (non-hydrogen) atoms. The Hall–Kier alpha value is -8.40. The Morgan fingerprint density at radius 3 is 1.00 bits per heavy atom. The Morgan fingerprint density at radius 2 is 0.524 bits per heavy atom. The van der Waals surface area contributed by atoms with Crippen LogP contribution in [0.3, 0.4) is 0 Å². The zero-order chi connectivity index (χ0) is 41.2. The quantitative estimate of drug-likeness (QED) is 0.169. The van der Waals surface area contributed by atoms with E-state index in [2.05, 4.69) is 238 Å². The van der Waals surface area contributed by atoms with Gasteiger partial charge in [-0.15, -0.1) is 0 Å². The van der Waals surface area contributed by atoms with Gasteiger partial charge in [-0.3, -0.25) is 0 Å². The first kappa shape index (κ1) is 34.3. The third-order valence-corrected chi connectivity index (χ3v) is 13.6. The van der Waals surface area contributed by atoms with Crippen molar-refractivity contribution < 1.29 is 0 Å². The maximum Gasteiger partial charge on any atom is 0.0547 e. The summed E-state index contributed by atoms with van der Waals surface area (Å²) in [5, 5.41) is 7.45. The minimum absolute atomic E-state index is 1.14. The first-order valence-corrected chi connectivity index (χ1v) is 21.8. The molecule has 0 saturated carbocycles. The minimum Gasteiger partial charge on any atom is -0.309 e. The van der Waals surface area contributed by atoms with Gasteiger partial charge in [0, 0.05) is 49.3 Å². The van der Waals surface area contributed by atoms with Crippen LogP contribution in [0.5, 0.6) is 0 Å². The molecule has 3 aromatic heterocycles. The summed E-state index contributed by atoms with van der Waals surface area (Å²) >= 11 is 0. The first-order chi connectivity index (χ1) is 31.3. The van der Waals surface area contributed by atoms with Crippen LogP contribution < -0.4 is 0 Å². The van der Waals surface area contributed by atoms with Gasteiger partial charge in [0.05, 0.1) is 38.8 Å². The normalized spacial score (nSPS) is 12.1. The van der Waals surface area contributed by atoms with Crippen LogP contribution in [-0.4, -0.2) is 13.7 Å². The summed E-state index contributed by atoms with van der Waals surface area (Å²) in [7, 11) is 0. The summed E-state index contributed by atoms with van der Waals surface area (Å²) in [6, 6.07) is 82.9. The Balaban J connectivity index is 1.01. The molecule has 0 saturated heterocycles. The van der Waals surface area contributed by atoms with E-state index >= 15 is 0 Å². The molecule has 3 heteroatoms. The van der Waals surface area contributed by atoms with E-state index in [4.69, 9.17) is 0 Å². The molecule has 0 N–H and O–H groups in total. The molecule has 14 rings (SSSR count). The lowest BCUT2D eigenvalue weighted by molar-refractivity contribution is 1.16. The Kier molecular flexibility index (Phi) is 7.11. The molecular weight excluding hydrogens is 763 g/mol. The maximum atomic E-state index is 2.50. The monoisotopic (exact) mass is 799 g/mol. The number of benzene rings is 10. The zero-order valence-electron chi connectivity index (χ0n) is 34.2. The molecule has 3 nitrogen and oxygen atoms in total. The van der Waals surface area contributed by atoms with Gasteiger partial charge in [0.2, 0.25) is 0 Å². The van der Waals surface area contributed by atoms with Gasteiger partial charge in [0.1, 0.15) is 0 Å². The summed E-state index contributed by atoms with van der Waals surface area (Å²) in [6.45, 7) is 0. The number of hydrogen-bond donors (Lipinski definition) is 0. The lowest BCUT2D eigenvalue weighted by Gasteiger charge is -2.25. The maximum absolute atomic E-state index is 2.50. The van der Waals surface area contributed by atoms with E-state index in [0.717, 1.165) is 11.4 Å². The second-order valence-corrected chi connectivity index (χ2v) is 16.8. The second kappa shape index (κ2) is 13.1. The number of para-hydroxylation sites is 4. The first-order valence-electron chi connectivity index (χ1n) is 21.8. The Bertz CT molecular complexity index is 3980. The van der Waals surface area contributed by atoms with Crippen LogP contribution >= 0.6 is 0 Å². The van der Waals surface area contributed by atoms with Crippen LogP contribution in [0, 0.1) is 0 Å². The van der Waals surface area contributed by atoms with Crippen molar-refractivity contribution in [2.45, 2.75) is 0 Å². The molecule has 0 atom stereocenters. The molecular formula is C60H37N3. The van der Waals surface area contributed by atoms with Crippen molar-refractivity contribution in [2.24, 2.45) is 0 Å². The van der Waals surface area contributed by atoms with E-state index in [1.165, 1.54) is 116 Å². The summed E-state index contributed by atoms with van der Waals surface area (Å²) < 4.78 is 7.37. The van der Waals surface area contributed by atoms with E-state index < -0.39 is 0 Å². The third-order valence-electron chi connectivity index (χ3n) is 13.6. The van der Waals surface area contributed by atoms with Crippen LogP contribution in [0.25, 0.3) is 127 Å². The van der Waals surface area contributed by atoms with Crippen molar-refractivity contribution in [3.63, 3.8) is 0 Å². The molecule has 3 heterocycles. The fourth-order valence-electron chi connectivity index (χ4n) is 11.0. The molecule has 1 aliphatic carbocycles. The zero-order valence-corrected chi connectivity index (χ0v) is 34.2. The fraction of sp³-hybridized carbons (Fsp3) is 0. The molecule has 0 fully saturated rings.